The summed E-state index contributed by atoms with van der Waals surface area (Å²) < 4.78 is 1.96. The molecule has 0 aliphatic rings. The SMILES string of the molecule is CCc1cccc(C)c1NC(=O)CSc1nnc([C@H](CC(C)C)NC(=O)c2ccccc2Cl)n1CC. The standard InChI is InChI=1S/C27H34ClN5O2S/c1-6-19-12-10-11-18(5)24(19)30-23(34)16-36-27-32-31-25(33(27)7-2)22(15-17(3)4)29-26(35)20-13-8-9-14-21(20)28/h8-14,17,22H,6-7,15-16H2,1-5H3,(H,29,35)(H,30,34)/t22-/m0/s1. The van der Waals surface area contributed by atoms with Crippen LogP contribution < -0.4 is 10.6 Å². The molecule has 2 amide bonds. The number of benzene rings is 2. The smallest absolute Gasteiger partial charge is 0.253 e. The van der Waals surface area contributed by atoms with E-state index in [9.17, 15) is 9.59 Å². The number of nitrogens with zero attached hydrogens (tertiary/aromatic N) is 3. The summed E-state index contributed by atoms with van der Waals surface area (Å²) in [6.45, 7) is 10.9. The molecular weight excluding hydrogens is 494 g/mol. The maximum Gasteiger partial charge on any atom is 0.253 e. The Morgan fingerprint density at radius 3 is 2.50 bits per heavy atom. The van der Waals surface area contributed by atoms with Gasteiger partial charge in [-0.3, -0.25) is 9.59 Å². The van der Waals surface area contributed by atoms with Crippen LogP contribution in [0.3, 0.4) is 0 Å². The molecule has 1 atom stereocenters. The Kier molecular flexibility index (Phi) is 9.96. The lowest BCUT2D eigenvalue weighted by molar-refractivity contribution is -0.113. The number of carbonyl (C=O) groups is 2. The van der Waals surface area contributed by atoms with Crippen molar-refractivity contribution >= 4 is 40.9 Å². The van der Waals surface area contributed by atoms with Crippen molar-refractivity contribution < 1.29 is 9.59 Å². The van der Waals surface area contributed by atoms with Gasteiger partial charge in [-0.25, -0.2) is 0 Å². The molecule has 192 valence electrons. The minimum absolute atomic E-state index is 0.0954. The summed E-state index contributed by atoms with van der Waals surface area (Å²) >= 11 is 7.58. The number of hydrogen-bond acceptors (Lipinski definition) is 5. The van der Waals surface area contributed by atoms with Gasteiger partial charge in [0.15, 0.2) is 11.0 Å². The molecule has 2 aromatic carbocycles. The lowest BCUT2D eigenvalue weighted by atomic mass is 10.0. The number of aryl methyl sites for hydroxylation is 2. The van der Waals surface area contributed by atoms with Crippen molar-refractivity contribution in [1.29, 1.82) is 0 Å². The van der Waals surface area contributed by atoms with Gasteiger partial charge in [-0.2, -0.15) is 0 Å². The van der Waals surface area contributed by atoms with Gasteiger partial charge in [0.25, 0.3) is 5.91 Å². The number of hydrogen-bond donors (Lipinski definition) is 2. The largest absolute Gasteiger partial charge is 0.342 e. The van der Waals surface area contributed by atoms with Crippen LogP contribution in [0.1, 0.15) is 67.5 Å². The summed E-state index contributed by atoms with van der Waals surface area (Å²) in [6, 6.07) is 12.7. The average molecular weight is 528 g/mol. The van der Waals surface area contributed by atoms with Crippen molar-refractivity contribution in [2.45, 2.75) is 65.2 Å². The van der Waals surface area contributed by atoms with Gasteiger partial charge in [0.1, 0.15) is 0 Å². The summed E-state index contributed by atoms with van der Waals surface area (Å²) in [7, 11) is 0. The molecule has 3 aromatic rings. The summed E-state index contributed by atoms with van der Waals surface area (Å²) in [5, 5.41) is 16.0. The van der Waals surface area contributed by atoms with Crippen molar-refractivity contribution in [3.8, 4) is 0 Å². The topological polar surface area (TPSA) is 88.9 Å². The third kappa shape index (κ3) is 6.89. The van der Waals surface area contributed by atoms with Gasteiger partial charge in [-0.05, 0) is 55.9 Å². The molecule has 36 heavy (non-hydrogen) atoms. The minimum Gasteiger partial charge on any atom is -0.342 e. The zero-order valence-corrected chi connectivity index (χ0v) is 23.0. The van der Waals surface area contributed by atoms with Crippen LogP contribution >= 0.6 is 23.4 Å². The van der Waals surface area contributed by atoms with E-state index in [-0.39, 0.29) is 23.6 Å². The number of aromatic nitrogens is 3. The highest BCUT2D eigenvalue weighted by atomic mass is 35.5. The Bertz CT molecular complexity index is 1210. The van der Waals surface area contributed by atoms with Crippen molar-refractivity contribution in [3.05, 3.63) is 70.0 Å². The van der Waals surface area contributed by atoms with Crippen LogP contribution in [0.2, 0.25) is 5.02 Å². The Hall–Kier alpha value is -2.84. The molecule has 1 heterocycles. The minimum atomic E-state index is -0.344. The number of rotatable bonds is 11. The molecule has 0 unspecified atom stereocenters. The van der Waals surface area contributed by atoms with Crippen LogP contribution in [-0.4, -0.2) is 32.3 Å². The first-order valence-electron chi connectivity index (χ1n) is 12.2. The summed E-state index contributed by atoms with van der Waals surface area (Å²) in [5.74, 6) is 0.836. The quantitative estimate of drug-likeness (QED) is 0.295. The molecule has 0 saturated carbocycles. The molecular formula is C27H34ClN5O2S. The molecule has 0 aliphatic carbocycles. The zero-order valence-electron chi connectivity index (χ0n) is 21.5. The number of nitrogens with one attached hydrogen (secondary N) is 2. The van der Waals surface area contributed by atoms with E-state index in [1.54, 1.807) is 24.3 Å². The number of anilines is 1. The van der Waals surface area contributed by atoms with Gasteiger partial charge in [0.2, 0.25) is 5.91 Å². The first-order chi connectivity index (χ1) is 17.2. The summed E-state index contributed by atoms with van der Waals surface area (Å²) in [5.41, 5.74) is 3.45. The Balaban J connectivity index is 1.76. The van der Waals surface area contributed by atoms with Crippen LogP contribution in [0.15, 0.2) is 47.6 Å². The van der Waals surface area contributed by atoms with Crippen LogP contribution in [0.5, 0.6) is 0 Å². The lowest BCUT2D eigenvalue weighted by Gasteiger charge is -2.21. The fraction of sp³-hybridized carbons (Fsp3) is 0.407. The number of amides is 2. The van der Waals surface area contributed by atoms with Crippen LogP contribution in [0, 0.1) is 12.8 Å². The first-order valence-corrected chi connectivity index (χ1v) is 13.6. The van der Waals surface area contributed by atoms with E-state index >= 15 is 0 Å². The molecule has 0 radical (unpaired) electrons. The molecule has 3 rings (SSSR count). The van der Waals surface area contributed by atoms with Gasteiger partial charge in [0, 0.05) is 12.2 Å². The van der Waals surface area contributed by atoms with E-state index < -0.39 is 0 Å². The maximum atomic E-state index is 13.0. The third-order valence-corrected chi connectivity index (χ3v) is 7.14. The molecule has 0 aliphatic heterocycles. The molecule has 0 fully saturated rings. The van der Waals surface area contributed by atoms with E-state index in [1.165, 1.54) is 11.8 Å². The zero-order chi connectivity index (χ0) is 26.2. The predicted molar refractivity (Wildman–Crippen MR) is 147 cm³/mol. The summed E-state index contributed by atoms with van der Waals surface area (Å²) in [6.07, 6.45) is 1.53. The molecule has 0 bridgehead atoms. The highest BCUT2D eigenvalue weighted by Crippen LogP contribution is 2.27. The Morgan fingerprint density at radius 1 is 1.08 bits per heavy atom. The van der Waals surface area contributed by atoms with Crippen molar-refractivity contribution in [2.24, 2.45) is 5.92 Å². The predicted octanol–water partition coefficient (Wildman–Crippen LogP) is 6.07. The maximum absolute atomic E-state index is 13.0. The Morgan fingerprint density at radius 2 is 1.83 bits per heavy atom. The second-order valence-corrected chi connectivity index (χ2v) is 10.4. The number of carbonyl (C=O) groups excluding carboxylic acids is 2. The fourth-order valence-electron chi connectivity index (χ4n) is 4.05. The molecule has 0 spiro atoms. The van der Waals surface area contributed by atoms with Gasteiger partial charge in [0.05, 0.1) is 22.4 Å². The van der Waals surface area contributed by atoms with Crippen molar-refractivity contribution in [2.75, 3.05) is 11.1 Å². The first kappa shape index (κ1) is 27.7. The monoisotopic (exact) mass is 527 g/mol. The van der Waals surface area contributed by atoms with Gasteiger partial charge < -0.3 is 15.2 Å². The van der Waals surface area contributed by atoms with Gasteiger partial charge in [-0.1, -0.05) is 74.5 Å². The second kappa shape index (κ2) is 12.9. The van der Waals surface area contributed by atoms with Crippen LogP contribution in [0.25, 0.3) is 0 Å². The second-order valence-electron chi connectivity index (χ2n) is 9.02. The van der Waals surface area contributed by atoms with Crippen LogP contribution in [0.4, 0.5) is 5.69 Å². The Labute approximate surface area is 222 Å². The number of halogens is 1. The van der Waals surface area contributed by atoms with E-state index in [0.717, 1.165) is 23.2 Å². The van der Waals surface area contributed by atoms with E-state index in [0.29, 0.717) is 40.5 Å². The van der Waals surface area contributed by atoms with E-state index in [1.807, 2.05) is 36.6 Å². The number of thioether (sulfide) groups is 1. The molecule has 0 saturated heterocycles. The fourth-order valence-corrected chi connectivity index (χ4v) is 5.08. The normalized spacial score (nSPS) is 12.0. The average Bonchev–Trinajstić information content (AvgIpc) is 3.26. The molecule has 1 aromatic heterocycles. The van der Waals surface area contributed by atoms with E-state index in [2.05, 4.69) is 41.6 Å². The van der Waals surface area contributed by atoms with Gasteiger partial charge in [-0.15, -0.1) is 10.2 Å². The highest BCUT2D eigenvalue weighted by Gasteiger charge is 2.25. The lowest BCUT2D eigenvalue weighted by Crippen LogP contribution is -2.31. The van der Waals surface area contributed by atoms with Gasteiger partial charge >= 0.3 is 0 Å². The highest BCUT2D eigenvalue weighted by molar-refractivity contribution is 7.99. The van der Waals surface area contributed by atoms with Crippen molar-refractivity contribution in [3.63, 3.8) is 0 Å². The summed E-state index contributed by atoms with van der Waals surface area (Å²) in [4.78, 5) is 25.8. The van der Waals surface area contributed by atoms with E-state index in [4.69, 9.17) is 11.6 Å². The molecule has 9 heteroatoms. The third-order valence-electron chi connectivity index (χ3n) is 5.84. The molecule has 2 N–H and O–H groups in total. The van der Waals surface area contributed by atoms with Crippen molar-refractivity contribution in [1.82, 2.24) is 20.1 Å². The molecule has 7 nitrogen and oxygen atoms in total. The number of para-hydroxylation sites is 1. The van der Waals surface area contributed by atoms with Crippen LogP contribution in [-0.2, 0) is 17.8 Å².